The number of hydrogen-bond donors (Lipinski definition) is 1. The second-order valence-corrected chi connectivity index (χ2v) is 9.72. The van der Waals surface area contributed by atoms with Crippen molar-refractivity contribution in [2.45, 2.75) is 57.1 Å². The predicted octanol–water partition coefficient (Wildman–Crippen LogP) is 4.12. The van der Waals surface area contributed by atoms with Crippen molar-refractivity contribution < 1.29 is 4.79 Å². The third-order valence-electron chi connectivity index (χ3n) is 6.45. The van der Waals surface area contributed by atoms with Gasteiger partial charge < -0.3 is 9.88 Å². The summed E-state index contributed by atoms with van der Waals surface area (Å²) in [7, 11) is 1.81. The van der Waals surface area contributed by atoms with Gasteiger partial charge in [-0.25, -0.2) is 4.68 Å². The molecule has 0 unspecified atom stereocenters. The molecule has 2 heterocycles. The van der Waals surface area contributed by atoms with E-state index in [1.807, 2.05) is 43.3 Å². The summed E-state index contributed by atoms with van der Waals surface area (Å²) in [5, 5.41) is 12.3. The number of amides is 1. The molecule has 1 amide bonds. The Bertz CT molecular complexity index is 1200. The predicted molar refractivity (Wildman–Crippen MR) is 136 cm³/mol. The van der Waals surface area contributed by atoms with Crippen LogP contribution in [0.3, 0.4) is 0 Å². The van der Waals surface area contributed by atoms with Crippen LogP contribution in [0.1, 0.15) is 43.6 Å². The highest BCUT2D eigenvalue weighted by molar-refractivity contribution is 7.99. The zero-order valence-corrected chi connectivity index (χ0v) is 20.7. The third-order valence-corrected chi connectivity index (χ3v) is 7.42. The van der Waals surface area contributed by atoms with E-state index in [4.69, 9.17) is 0 Å². The van der Waals surface area contributed by atoms with Crippen LogP contribution in [-0.2, 0) is 24.8 Å². The Morgan fingerprint density at radius 3 is 2.65 bits per heavy atom. The van der Waals surface area contributed by atoms with E-state index in [9.17, 15) is 9.59 Å². The van der Waals surface area contributed by atoms with Gasteiger partial charge in [0.1, 0.15) is 11.5 Å². The number of thioether (sulfide) groups is 1. The number of anilines is 1. The molecule has 180 valence electrons. The molecule has 0 atom stereocenters. The van der Waals surface area contributed by atoms with Gasteiger partial charge in [-0.15, -0.1) is 16.8 Å². The van der Waals surface area contributed by atoms with E-state index in [0.717, 1.165) is 17.9 Å². The van der Waals surface area contributed by atoms with E-state index < -0.39 is 0 Å². The Hall–Kier alpha value is -3.07. The highest BCUT2D eigenvalue weighted by Crippen LogP contribution is 2.28. The lowest BCUT2D eigenvalue weighted by molar-refractivity contribution is -0.113. The lowest BCUT2D eigenvalue weighted by Gasteiger charge is -2.21. The Kier molecular flexibility index (Phi) is 7.72. The molecule has 2 aromatic heterocycles. The topological polar surface area (TPSA) is 86.7 Å². The molecule has 9 heteroatoms. The van der Waals surface area contributed by atoms with Gasteiger partial charge in [-0.2, -0.15) is 0 Å². The van der Waals surface area contributed by atoms with Crippen molar-refractivity contribution in [2.75, 3.05) is 11.1 Å². The maximum atomic E-state index is 13.0. The fraction of sp³-hybridized carbons (Fsp3) is 0.440. The highest BCUT2D eigenvalue weighted by atomic mass is 32.2. The van der Waals surface area contributed by atoms with Gasteiger partial charge in [0.05, 0.1) is 17.1 Å². The molecular formula is C25H32N6O2S. The lowest BCUT2D eigenvalue weighted by atomic mass is 9.87. The quantitative estimate of drug-likeness (QED) is 0.368. The first-order valence-electron chi connectivity index (χ1n) is 11.8. The van der Waals surface area contributed by atoms with Gasteiger partial charge in [0.2, 0.25) is 5.91 Å². The molecule has 1 fully saturated rings. The fourth-order valence-corrected chi connectivity index (χ4v) is 5.32. The van der Waals surface area contributed by atoms with Crippen molar-refractivity contribution in [3.8, 4) is 5.69 Å². The molecule has 0 bridgehead atoms. The minimum Gasteiger partial charge on any atom is -0.319 e. The summed E-state index contributed by atoms with van der Waals surface area (Å²) in [5.41, 5.74) is 1.48. The second-order valence-electron chi connectivity index (χ2n) is 8.78. The van der Waals surface area contributed by atoms with Crippen molar-refractivity contribution >= 4 is 23.4 Å². The van der Waals surface area contributed by atoms with Gasteiger partial charge in [-0.1, -0.05) is 68.1 Å². The summed E-state index contributed by atoms with van der Waals surface area (Å²) < 4.78 is 5.35. The summed E-state index contributed by atoms with van der Waals surface area (Å²) in [4.78, 5) is 25.8. The SMILES string of the molecule is C=CCn1c(CC2CCCCC2)nnc1SCC(=O)Nc1c(C)n(C)n(-c2ccccc2)c1=O. The first kappa shape index (κ1) is 24.1. The average Bonchev–Trinajstić information content (AvgIpc) is 3.32. The van der Waals surface area contributed by atoms with Gasteiger partial charge in [-0.05, 0) is 25.0 Å². The van der Waals surface area contributed by atoms with Gasteiger partial charge in [-0.3, -0.25) is 14.3 Å². The Morgan fingerprint density at radius 2 is 1.94 bits per heavy atom. The van der Waals surface area contributed by atoms with Gasteiger partial charge in [0.15, 0.2) is 5.16 Å². The molecular weight excluding hydrogens is 448 g/mol. The Labute approximate surface area is 204 Å². The highest BCUT2D eigenvalue weighted by Gasteiger charge is 2.21. The lowest BCUT2D eigenvalue weighted by Crippen LogP contribution is -2.23. The standard InChI is InChI=1S/C25H32N6O2S/c1-4-15-30-21(16-19-11-7-5-8-12-19)27-28-25(30)34-17-22(32)26-23-18(2)29(3)31(24(23)33)20-13-9-6-10-14-20/h4,6,9-10,13-14,19H,1,5,7-8,11-12,15-17H2,2-3H3,(H,26,32). The number of para-hydroxylation sites is 1. The maximum Gasteiger partial charge on any atom is 0.295 e. The molecule has 1 saturated carbocycles. The number of nitrogens with one attached hydrogen (secondary N) is 1. The van der Waals surface area contributed by atoms with E-state index >= 15 is 0 Å². The fourth-order valence-electron chi connectivity index (χ4n) is 4.56. The van der Waals surface area contributed by atoms with Gasteiger partial charge in [0.25, 0.3) is 5.56 Å². The van der Waals surface area contributed by atoms with Crippen LogP contribution in [-0.4, -0.2) is 35.8 Å². The smallest absolute Gasteiger partial charge is 0.295 e. The van der Waals surface area contributed by atoms with Crippen molar-refractivity contribution in [1.82, 2.24) is 24.1 Å². The van der Waals surface area contributed by atoms with E-state index in [2.05, 4.69) is 26.7 Å². The first-order chi connectivity index (χ1) is 16.5. The molecule has 0 aliphatic heterocycles. The number of nitrogens with zero attached hydrogens (tertiary/aromatic N) is 5. The molecule has 8 nitrogen and oxygen atoms in total. The molecule has 0 saturated heterocycles. The number of carbonyl (C=O) groups is 1. The van der Waals surface area contributed by atoms with Crippen LogP contribution in [0.5, 0.6) is 0 Å². The monoisotopic (exact) mass is 480 g/mol. The van der Waals surface area contributed by atoms with Crippen LogP contribution in [0.4, 0.5) is 5.69 Å². The van der Waals surface area contributed by atoms with Crippen molar-refractivity contribution in [1.29, 1.82) is 0 Å². The Morgan fingerprint density at radius 1 is 1.21 bits per heavy atom. The van der Waals surface area contributed by atoms with Crippen LogP contribution in [0, 0.1) is 12.8 Å². The van der Waals surface area contributed by atoms with Crippen LogP contribution in [0.25, 0.3) is 5.69 Å². The summed E-state index contributed by atoms with van der Waals surface area (Å²) in [6, 6.07) is 9.37. The Balaban J connectivity index is 1.44. The number of rotatable bonds is 9. The molecule has 34 heavy (non-hydrogen) atoms. The molecule has 0 radical (unpaired) electrons. The number of benzene rings is 1. The number of carbonyl (C=O) groups excluding carboxylic acids is 1. The molecule has 1 N–H and O–H groups in total. The molecule has 1 aliphatic carbocycles. The minimum absolute atomic E-state index is 0.137. The van der Waals surface area contributed by atoms with Crippen LogP contribution in [0.2, 0.25) is 0 Å². The van der Waals surface area contributed by atoms with Crippen LogP contribution in [0.15, 0.2) is 52.9 Å². The molecule has 1 aliphatic rings. The molecule has 1 aromatic carbocycles. The van der Waals surface area contributed by atoms with E-state index in [1.165, 1.54) is 43.9 Å². The molecule has 3 aromatic rings. The van der Waals surface area contributed by atoms with Gasteiger partial charge >= 0.3 is 0 Å². The van der Waals surface area contributed by atoms with E-state index in [1.54, 1.807) is 16.4 Å². The van der Waals surface area contributed by atoms with E-state index in [-0.39, 0.29) is 17.2 Å². The van der Waals surface area contributed by atoms with Crippen LogP contribution >= 0.6 is 11.8 Å². The zero-order chi connectivity index (χ0) is 24.1. The summed E-state index contributed by atoms with van der Waals surface area (Å²) in [6.07, 6.45) is 9.11. The average molecular weight is 481 g/mol. The van der Waals surface area contributed by atoms with Crippen LogP contribution < -0.4 is 10.9 Å². The normalized spacial score (nSPS) is 14.3. The summed E-state index contributed by atoms with van der Waals surface area (Å²) in [6.45, 7) is 6.30. The van der Waals surface area contributed by atoms with Crippen molar-refractivity contribution in [3.63, 3.8) is 0 Å². The summed E-state index contributed by atoms with van der Waals surface area (Å²) >= 11 is 1.33. The molecule has 0 spiro atoms. The van der Waals surface area contributed by atoms with Gasteiger partial charge in [0, 0.05) is 20.0 Å². The maximum absolute atomic E-state index is 13.0. The largest absolute Gasteiger partial charge is 0.319 e. The second kappa shape index (κ2) is 10.9. The molecule has 4 rings (SSSR count). The van der Waals surface area contributed by atoms with Crippen molar-refractivity contribution in [2.24, 2.45) is 13.0 Å². The number of allylic oxidation sites excluding steroid dienone is 1. The van der Waals surface area contributed by atoms with E-state index in [0.29, 0.717) is 29.0 Å². The number of hydrogen-bond acceptors (Lipinski definition) is 5. The third kappa shape index (κ3) is 5.19. The van der Waals surface area contributed by atoms with Crippen molar-refractivity contribution in [3.05, 3.63) is 64.9 Å². The number of aromatic nitrogens is 5. The minimum atomic E-state index is -0.255. The zero-order valence-electron chi connectivity index (χ0n) is 19.9. The first-order valence-corrected chi connectivity index (χ1v) is 12.8. The summed E-state index contributed by atoms with van der Waals surface area (Å²) in [5.74, 6) is 1.49.